The SMILES string of the molecule is NC(=O)NC(=O)C(Sc1nnc(N2CCCCC2)n1-c1ccccc1)c1ccccc1. The smallest absolute Gasteiger partial charge is 0.318 e. The molecule has 1 aliphatic heterocycles. The zero-order valence-corrected chi connectivity index (χ0v) is 17.8. The van der Waals surface area contributed by atoms with Crippen LogP contribution in [0.15, 0.2) is 65.8 Å². The molecule has 31 heavy (non-hydrogen) atoms. The first-order chi connectivity index (χ1) is 15.1. The number of carbonyl (C=O) groups excluding carboxylic acids is 2. The number of carbonyl (C=O) groups is 2. The topological polar surface area (TPSA) is 106 Å². The molecule has 2 aromatic carbocycles. The molecule has 0 saturated carbocycles. The van der Waals surface area contributed by atoms with Crippen LogP contribution in [0.2, 0.25) is 0 Å². The van der Waals surface area contributed by atoms with Crippen molar-refractivity contribution in [2.45, 2.75) is 29.7 Å². The lowest BCUT2D eigenvalue weighted by molar-refractivity contribution is -0.119. The number of imide groups is 1. The van der Waals surface area contributed by atoms with Gasteiger partial charge in [0.05, 0.1) is 5.69 Å². The van der Waals surface area contributed by atoms with Crippen molar-refractivity contribution in [1.82, 2.24) is 20.1 Å². The Hall–Kier alpha value is -3.33. The third-order valence-corrected chi connectivity index (χ3v) is 6.28. The van der Waals surface area contributed by atoms with Crippen LogP contribution in [-0.2, 0) is 4.79 Å². The fourth-order valence-corrected chi connectivity index (χ4v) is 4.68. The number of urea groups is 1. The second kappa shape index (κ2) is 9.65. The molecule has 3 N–H and O–H groups in total. The summed E-state index contributed by atoms with van der Waals surface area (Å²) in [4.78, 5) is 26.4. The Morgan fingerprint density at radius 1 is 0.935 bits per heavy atom. The minimum absolute atomic E-state index is 0.495. The highest BCUT2D eigenvalue weighted by molar-refractivity contribution is 8.00. The quantitative estimate of drug-likeness (QED) is 0.575. The number of piperidine rings is 1. The summed E-state index contributed by atoms with van der Waals surface area (Å²) in [6.45, 7) is 1.83. The molecule has 1 unspecified atom stereocenters. The number of rotatable bonds is 6. The second-order valence-electron chi connectivity index (χ2n) is 7.26. The number of hydrogen-bond acceptors (Lipinski definition) is 6. The highest BCUT2D eigenvalue weighted by Gasteiger charge is 2.28. The first kappa shape index (κ1) is 20.9. The van der Waals surface area contributed by atoms with E-state index in [9.17, 15) is 9.59 Å². The summed E-state index contributed by atoms with van der Waals surface area (Å²) in [6, 6.07) is 18.2. The molecule has 1 aromatic heterocycles. The number of nitrogens with two attached hydrogens (primary N) is 1. The van der Waals surface area contributed by atoms with Gasteiger partial charge in [-0.15, -0.1) is 10.2 Å². The van der Waals surface area contributed by atoms with E-state index in [1.165, 1.54) is 18.2 Å². The number of nitrogens with one attached hydrogen (secondary N) is 1. The van der Waals surface area contributed by atoms with E-state index in [0.29, 0.717) is 5.16 Å². The molecule has 1 aliphatic rings. The van der Waals surface area contributed by atoms with Gasteiger partial charge in [0.15, 0.2) is 5.16 Å². The van der Waals surface area contributed by atoms with Gasteiger partial charge in [0.2, 0.25) is 11.9 Å². The first-order valence-electron chi connectivity index (χ1n) is 10.2. The number of primary amides is 1. The Morgan fingerprint density at radius 2 is 1.58 bits per heavy atom. The number of para-hydroxylation sites is 1. The van der Waals surface area contributed by atoms with Crippen molar-refractivity contribution in [3.63, 3.8) is 0 Å². The van der Waals surface area contributed by atoms with Gasteiger partial charge in [-0.25, -0.2) is 4.79 Å². The molecule has 160 valence electrons. The average Bonchev–Trinajstić information content (AvgIpc) is 3.22. The van der Waals surface area contributed by atoms with E-state index >= 15 is 0 Å². The maximum atomic E-state index is 12.8. The molecule has 3 aromatic rings. The van der Waals surface area contributed by atoms with E-state index in [-0.39, 0.29) is 0 Å². The number of benzene rings is 2. The zero-order chi connectivity index (χ0) is 21.6. The lowest BCUT2D eigenvalue weighted by atomic mass is 10.1. The summed E-state index contributed by atoms with van der Waals surface area (Å²) in [6.07, 6.45) is 3.43. The van der Waals surface area contributed by atoms with Gasteiger partial charge >= 0.3 is 6.03 Å². The summed E-state index contributed by atoms with van der Waals surface area (Å²) in [5, 5.41) is 11.0. The fourth-order valence-electron chi connectivity index (χ4n) is 3.63. The van der Waals surface area contributed by atoms with Crippen LogP contribution in [0.1, 0.15) is 30.1 Å². The Balaban J connectivity index is 1.74. The molecule has 1 saturated heterocycles. The van der Waals surface area contributed by atoms with Crippen LogP contribution in [0, 0.1) is 0 Å². The van der Waals surface area contributed by atoms with Gasteiger partial charge in [-0.1, -0.05) is 60.3 Å². The molecule has 3 amide bonds. The number of amides is 3. The van der Waals surface area contributed by atoms with Crippen molar-refractivity contribution in [3.8, 4) is 5.69 Å². The van der Waals surface area contributed by atoms with Crippen molar-refractivity contribution in [3.05, 3.63) is 66.2 Å². The number of hydrogen-bond donors (Lipinski definition) is 2. The summed E-state index contributed by atoms with van der Waals surface area (Å²) in [7, 11) is 0. The predicted molar refractivity (Wildman–Crippen MR) is 120 cm³/mol. The van der Waals surface area contributed by atoms with Gasteiger partial charge < -0.3 is 10.6 Å². The molecule has 2 heterocycles. The van der Waals surface area contributed by atoms with E-state index in [1.54, 1.807) is 0 Å². The molecular formula is C22H24N6O2S. The summed E-state index contributed by atoms with van der Waals surface area (Å²) in [5.41, 5.74) is 6.86. The molecule has 8 nitrogen and oxygen atoms in total. The Kier molecular flexibility index (Phi) is 6.51. The van der Waals surface area contributed by atoms with Gasteiger partial charge in [-0.2, -0.15) is 0 Å². The maximum Gasteiger partial charge on any atom is 0.318 e. The Morgan fingerprint density at radius 3 is 2.23 bits per heavy atom. The van der Waals surface area contributed by atoms with Gasteiger partial charge in [-0.3, -0.25) is 14.7 Å². The molecule has 1 atom stereocenters. The van der Waals surface area contributed by atoms with Crippen molar-refractivity contribution < 1.29 is 9.59 Å². The molecule has 9 heteroatoms. The zero-order valence-electron chi connectivity index (χ0n) is 17.0. The van der Waals surface area contributed by atoms with E-state index in [0.717, 1.165) is 43.1 Å². The van der Waals surface area contributed by atoms with Crippen molar-refractivity contribution in [2.24, 2.45) is 5.73 Å². The summed E-state index contributed by atoms with van der Waals surface area (Å²) < 4.78 is 1.98. The van der Waals surface area contributed by atoms with Gasteiger partial charge in [0.1, 0.15) is 5.25 Å². The fraction of sp³-hybridized carbons (Fsp3) is 0.273. The lowest BCUT2D eigenvalue weighted by Crippen LogP contribution is -2.37. The maximum absolute atomic E-state index is 12.8. The molecule has 0 spiro atoms. The van der Waals surface area contributed by atoms with E-state index in [1.807, 2.05) is 65.2 Å². The number of nitrogens with zero attached hydrogens (tertiary/aromatic N) is 4. The predicted octanol–water partition coefficient (Wildman–Crippen LogP) is 3.29. The van der Waals surface area contributed by atoms with Crippen LogP contribution in [0.3, 0.4) is 0 Å². The minimum Gasteiger partial charge on any atom is -0.351 e. The standard InChI is InChI=1S/C22H24N6O2S/c23-20(30)24-19(29)18(16-10-4-1-5-11-16)31-22-26-25-21(27-14-8-3-9-15-27)28(22)17-12-6-2-7-13-17/h1-2,4-7,10-13,18H,3,8-9,14-15H2,(H3,23,24,29,30). The van der Waals surface area contributed by atoms with Crippen LogP contribution in [0.5, 0.6) is 0 Å². The van der Waals surface area contributed by atoms with E-state index < -0.39 is 17.2 Å². The lowest BCUT2D eigenvalue weighted by Gasteiger charge is -2.28. The molecule has 0 aliphatic carbocycles. The van der Waals surface area contributed by atoms with Crippen LogP contribution in [-0.4, -0.2) is 39.8 Å². The van der Waals surface area contributed by atoms with Gasteiger partial charge in [-0.05, 0) is 37.0 Å². The van der Waals surface area contributed by atoms with Crippen molar-refractivity contribution in [1.29, 1.82) is 0 Å². The number of thioether (sulfide) groups is 1. The minimum atomic E-state index is -0.884. The highest BCUT2D eigenvalue weighted by Crippen LogP contribution is 2.37. The molecule has 4 rings (SSSR count). The number of aromatic nitrogens is 3. The summed E-state index contributed by atoms with van der Waals surface area (Å²) in [5.74, 6) is 0.265. The molecule has 1 fully saturated rings. The monoisotopic (exact) mass is 436 g/mol. The molecule has 0 radical (unpaired) electrons. The van der Waals surface area contributed by atoms with E-state index in [4.69, 9.17) is 5.73 Å². The average molecular weight is 437 g/mol. The van der Waals surface area contributed by atoms with Crippen LogP contribution in [0.4, 0.5) is 10.7 Å². The normalized spacial score (nSPS) is 14.8. The van der Waals surface area contributed by atoms with Crippen LogP contribution < -0.4 is 16.0 Å². The molecule has 0 bridgehead atoms. The van der Waals surface area contributed by atoms with Crippen molar-refractivity contribution in [2.75, 3.05) is 18.0 Å². The van der Waals surface area contributed by atoms with Crippen molar-refractivity contribution >= 4 is 29.6 Å². The summed E-state index contributed by atoms with van der Waals surface area (Å²) >= 11 is 1.24. The Labute approximate surface area is 184 Å². The molecular weight excluding hydrogens is 412 g/mol. The largest absolute Gasteiger partial charge is 0.351 e. The highest BCUT2D eigenvalue weighted by atomic mass is 32.2. The van der Waals surface area contributed by atoms with Gasteiger partial charge in [0.25, 0.3) is 0 Å². The Bertz CT molecular complexity index is 1030. The second-order valence-corrected chi connectivity index (χ2v) is 8.34. The van der Waals surface area contributed by atoms with E-state index in [2.05, 4.69) is 20.4 Å². The third-order valence-electron chi connectivity index (χ3n) is 5.08. The van der Waals surface area contributed by atoms with Crippen LogP contribution in [0.25, 0.3) is 5.69 Å². The van der Waals surface area contributed by atoms with Crippen LogP contribution >= 0.6 is 11.8 Å². The number of anilines is 1. The third kappa shape index (κ3) is 4.88. The first-order valence-corrected chi connectivity index (χ1v) is 11.1. The van der Waals surface area contributed by atoms with Gasteiger partial charge in [0, 0.05) is 13.1 Å².